The number of hydrogen-bond donors (Lipinski definition) is 2. The Morgan fingerprint density at radius 3 is 2.15 bits per heavy atom. The van der Waals surface area contributed by atoms with Crippen LogP contribution in [0.5, 0.6) is 0 Å². The number of benzene rings is 2. The van der Waals surface area contributed by atoms with Crippen molar-refractivity contribution in [3.8, 4) is 0 Å². The maximum absolute atomic E-state index is 12.7. The van der Waals surface area contributed by atoms with E-state index in [2.05, 4.69) is 15.6 Å². The Morgan fingerprint density at radius 1 is 0.818 bits per heavy atom. The van der Waals surface area contributed by atoms with Gasteiger partial charge in [-0.2, -0.15) is 4.31 Å². The van der Waals surface area contributed by atoms with Crippen molar-refractivity contribution in [2.75, 3.05) is 36.9 Å². The van der Waals surface area contributed by atoms with Crippen LogP contribution in [-0.4, -0.2) is 55.8 Å². The number of morpholine rings is 1. The molecule has 10 heteroatoms. The van der Waals surface area contributed by atoms with Crippen molar-refractivity contribution in [1.29, 1.82) is 0 Å². The highest BCUT2D eigenvalue weighted by Gasteiger charge is 2.26. The number of amides is 2. The molecule has 1 aromatic heterocycles. The van der Waals surface area contributed by atoms with Crippen LogP contribution in [0.3, 0.4) is 0 Å². The first-order valence-corrected chi connectivity index (χ1v) is 11.7. The van der Waals surface area contributed by atoms with Crippen molar-refractivity contribution in [1.82, 2.24) is 9.29 Å². The number of ether oxygens (including phenoxy) is 1. The van der Waals surface area contributed by atoms with Crippen molar-refractivity contribution in [2.45, 2.75) is 4.90 Å². The Balaban J connectivity index is 1.43. The maximum atomic E-state index is 12.7. The highest BCUT2D eigenvalue weighted by Crippen LogP contribution is 2.19. The van der Waals surface area contributed by atoms with Crippen LogP contribution in [0.4, 0.5) is 11.4 Å². The maximum Gasteiger partial charge on any atom is 0.255 e. The largest absolute Gasteiger partial charge is 0.379 e. The average Bonchev–Trinajstić information content (AvgIpc) is 2.85. The zero-order chi connectivity index (χ0) is 23.3. The first-order chi connectivity index (χ1) is 15.9. The lowest BCUT2D eigenvalue weighted by atomic mass is 10.1. The summed E-state index contributed by atoms with van der Waals surface area (Å²) >= 11 is 0. The van der Waals surface area contributed by atoms with E-state index in [1.807, 2.05) is 0 Å². The fourth-order valence-corrected chi connectivity index (χ4v) is 4.70. The van der Waals surface area contributed by atoms with Gasteiger partial charge in [-0.1, -0.05) is 6.07 Å². The van der Waals surface area contributed by atoms with Gasteiger partial charge in [-0.15, -0.1) is 0 Å². The van der Waals surface area contributed by atoms with Crippen LogP contribution in [0.25, 0.3) is 0 Å². The first-order valence-electron chi connectivity index (χ1n) is 10.2. The second kappa shape index (κ2) is 9.90. The third-order valence-electron chi connectivity index (χ3n) is 5.05. The van der Waals surface area contributed by atoms with Crippen molar-refractivity contribution in [3.63, 3.8) is 0 Å². The molecule has 2 aromatic carbocycles. The number of nitrogens with one attached hydrogen (secondary N) is 2. The zero-order valence-corrected chi connectivity index (χ0v) is 18.4. The molecule has 0 spiro atoms. The first kappa shape index (κ1) is 22.6. The van der Waals surface area contributed by atoms with Crippen LogP contribution in [0, 0.1) is 0 Å². The van der Waals surface area contributed by atoms with Crippen LogP contribution < -0.4 is 10.6 Å². The van der Waals surface area contributed by atoms with Gasteiger partial charge in [-0.05, 0) is 54.6 Å². The molecule has 170 valence electrons. The zero-order valence-electron chi connectivity index (χ0n) is 17.6. The molecule has 9 nitrogen and oxygen atoms in total. The lowest BCUT2D eigenvalue weighted by Gasteiger charge is -2.26. The molecular formula is C23H22N4O5S. The molecule has 1 fully saturated rings. The molecule has 0 unspecified atom stereocenters. The predicted molar refractivity (Wildman–Crippen MR) is 123 cm³/mol. The standard InChI is InChI=1S/C23H22N4O5S/c28-22(17-4-6-21(7-5-17)33(30,31)27-12-14-32-15-13-27)26-20-3-1-2-18(16-20)23(29)25-19-8-10-24-11-9-19/h1-11,16H,12-15H2,(H,26,28)(H,24,25,29). The van der Waals surface area contributed by atoms with Gasteiger partial charge in [0.05, 0.1) is 18.1 Å². The van der Waals surface area contributed by atoms with Gasteiger partial charge < -0.3 is 15.4 Å². The predicted octanol–water partition coefficient (Wildman–Crippen LogP) is 2.61. The highest BCUT2D eigenvalue weighted by atomic mass is 32.2. The van der Waals surface area contributed by atoms with Crippen molar-refractivity contribution in [2.24, 2.45) is 0 Å². The molecule has 1 aliphatic heterocycles. The Morgan fingerprint density at radius 2 is 1.45 bits per heavy atom. The second-order valence-corrected chi connectivity index (χ2v) is 9.20. The summed E-state index contributed by atoms with van der Waals surface area (Å²) in [5, 5.41) is 5.49. The Hall–Kier alpha value is -3.60. The van der Waals surface area contributed by atoms with E-state index in [1.165, 1.54) is 28.6 Å². The molecule has 2 N–H and O–H groups in total. The summed E-state index contributed by atoms with van der Waals surface area (Å²) in [7, 11) is -3.63. The topological polar surface area (TPSA) is 118 Å². The molecular weight excluding hydrogens is 444 g/mol. The van der Waals surface area contributed by atoms with Gasteiger partial charge in [0, 0.05) is 48.0 Å². The number of aromatic nitrogens is 1. The van der Waals surface area contributed by atoms with Gasteiger partial charge in [0.1, 0.15) is 0 Å². The van der Waals surface area contributed by atoms with Crippen molar-refractivity contribution < 1.29 is 22.7 Å². The van der Waals surface area contributed by atoms with Gasteiger partial charge in [0.15, 0.2) is 0 Å². The van der Waals surface area contributed by atoms with E-state index < -0.39 is 15.9 Å². The molecule has 1 saturated heterocycles. The van der Waals surface area contributed by atoms with Crippen molar-refractivity contribution in [3.05, 3.63) is 84.2 Å². The number of hydrogen-bond acceptors (Lipinski definition) is 6. The fourth-order valence-electron chi connectivity index (χ4n) is 3.29. The molecule has 2 amide bonds. The molecule has 0 saturated carbocycles. The van der Waals surface area contributed by atoms with Gasteiger partial charge in [0.25, 0.3) is 11.8 Å². The summed E-state index contributed by atoms with van der Waals surface area (Å²) in [6.07, 6.45) is 3.15. The quantitative estimate of drug-likeness (QED) is 0.577. The summed E-state index contributed by atoms with van der Waals surface area (Å²) in [6, 6.07) is 15.6. The Labute approximate surface area is 191 Å². The number of pyridine rings is 1. The summed E-state index contributed by atoms with van der Waals surface area (Å²) in [5.41, 5.74) is 1.71. The molecule has 1 aliphatic rings. The van der Waals surface area contributed by atoms with E-state index in [-0.39, 0.29) is 10.8 Å². The average molecular weight is 467 g/mol. The summed E-state index contributed by atoms with van der Waals surface area (Å²) in [5.74, 6) is -0.744. The van der Waals surface area contributed by atoms with Gasteiger partial charge >= 0.3 is 0 Å². The Bertz CT molecular complexity index is 1240. The van der Waals surface area contributed by atoms with E-state index in [0.717, 1.165) is 0 Å². The number of anilines is 2. The monoisotopic (exact) mass is 466 g/mol. The molecule has 0 radical (unpaired) electrons. The smallest absolute Gasteiger partial charge is 0.255 e. The number of carbonyl (C=O) groups is 2. The van der Waals surface area contributed by atoms with E-state index >= 15 is 0 Å². The lowest BCUT2D eigenvalue weighted by Crippen LogP contribution is -2.40. The highest BCUT2D eigenvalue weighted by molar-refractivity contribution is 7.89. The summed E-state index contributed by atoms with van der Waals surface area (Å²) < 4.78 is 32.0. The van der Waals surface area contributed by atoms with Gasteiger partial charge in [0.2, 0.25) is 10.0 Å². The minimum atomic E-state index is -3.63. The second-order valence-electron chi connectivity index (χ2n) is 7.27. The minimum absolute atomic E-state index is 0.121. The van der Waals surface area contributed by atoms with Crippen molar-refractivity contribution >= 4 is 33.2 Å². The van der Waals surface area contributed by atoms with Crippen LogP contribution in [-0.2, 0) is 14.8 Å². The third-order valence-corrected chi connectivity index (χ3v) is 6.96. The Kier molecular flexibility index (Phi) is 6.78. The minimum Gasteiger partial charge on any atom is -0.379 e. The van der Waals surface area contributed by atoms with Crippen LogP contribution in [0.1, 0.15) is 20.7 Å². The summed E-state index contributed by atoms with van der Waals surface area (Å²) in [6.45, 7) is 1.32. The summed E-state index contributed by atoms with van der Waals surface area (Å²) in [4.78, 5) is 29.2. The van der Waals surface area contributed by atoms with Crippen LogP contribution in [0.2, 0.25) is 0 Å². The van der Waals surface area contributed by atoms with E-state index in [1.54, 1.807) is 48.8 Å². The number of sulfonamides is 1. The van der Waals surface area contributed by atoms with Crippen LogP contribution >= 0.6 is 0 Å². The third kappa shape index (κ3) is 5.43. The van der Waals surface area contributed by atoms with Gasteiger partial charge in [-0.25, -0.2) is 8.42 Å². The molecule has 2 heterocycles. The fraction of sp³-hybridized carbons (Fsp3) is 0.174. The molecule has 0 bridgehead atoms. The van der Waals surface area contributed by atoms with E-state index in [0.29, 0.717) is 48.8 Å². The van der Waals surface area contributed by atoms with E-state index in [4.69, 9.17) is 4.74 Å². The molecule has 0 aliphatic carbocycles. The van der Waals surface area contributed by atoms with E-state index in [9.17, 15) is 18.0 Å². The molecule has 4 rings (SSSR count). The number of nitrogens with zero attached hydrogens (tertiary/aromatic N) is 2. The molecule has 3 aromatic rings. The van der Waals surface area contributed by atoms with Gasteiger partial charge in [-0.3, -0.25) is 14.6 Å². The number of rotatable bonds is 6. The SMILES string of the molecule is O=C(Nc1cccc(C(=O)Nc2ccncc2)c1)c1ccc(S(=O)(=O)N2CCOCC2)cc1. The normalized spacial score (nSPS) is 14.4. The number of carbonyl (C=O) groups excluding carboxylic acids is 2. The lowest BCUT2D eigenvalue weighted by molar-refractivity contribution is 0.0730. The molecule has 33 heavy (non-hydrogen) atoms. The van der Waals surface area contributed by atoms with Crippen LogP contribution in [0.15, 0.2) is 78.0 Å². The molecule has 0 atom stereocenters.